The van der Waals surface area contributed by atoms with E-state index in [4.69, 9.17) is 15.6 Å². The van der Waals surface area contributed by atoms with Crippen molar-refractivity contribution in [3.63, 3.8) is 0 Å². The van der Waals surface area contributed by atoms with Gasteiger partial charge in [-0.1, -0.05) is 0 Å². The number of nitrogens with two attached hydrogens (primary N) is 1. The molecule has 0 aliphatic carbocycles. The first-order chi connectivity index (χ1) is 12.9. The second-order valence-corrected chi connectivity index (χ2v) is 6.47. The quantitative estimate of drug-likeness (QED) is 0.379. The summed E-state index contributed by atoms with van der Waals surface area (Å²) in [5.41, 5.74) is 6.34. The summed E-state index contributed by atoms with van der Waals surface area (Å²) in [6.07, 6.45) is 0.338. The second-order valence-electron chi connectivity index (χ2n) is 5.41. The minimum absolute atomic E-state index is 0.0100. The van der Waals surface area contributed by atoms with E-state index in [1.165, 1.54) is 18.3 Å². The minimum atomic E-state index is -1.16. The number of nitrogen functional groups attached to an aromatic ring is 1. The Kier molecular flexibility index (Phi) is 5.36. The number of rotatable bonds is 6. The molecule has 1 aromatic carbocycles. The molecule has 0 unspecified atom stereocenters. The molecule has 0 aliphatic rings. The standard InChI is InChI=1S/C17H15FN4O4S/c18-10-7-9(19)1-2-12(10)26-13-3-4-20-11-8-14(27-15(11)13)16(23)21-5-6-22-17(24)25/h1-4,7-8,22H,5-6,19H2,(H,21,23)(H,24,25). The molecule has 5 N–H and O–H groups in total. The third kappa shape index (κ3) is 4.42. The van der Waals surface area contributed by atoms with Crippen LogP contribution in [0.5, 0.6) is 11.5 Å². The maximum atomic E-state index is 14.0. The molecule has 0 bridgehead atoms. The first-order valence-corrected chi connectivity index (χ1v) is 8.62. The smallest absolute Gasteiger partial charge is 0.404 e. The molecule has 0 atom stereocenters. The fraction of sp³-hybridized carbons (Fsp3) is 0.118. The van der Waals surface area contributed by atoms with Gasteiger partial charge in [-0.25, -0.2) is 9.18 Å². The zero-order chi connectivity index (χ0) is 19.4. The summed E-state index contributed by atoms with van der Waals surface area (Å²) in [4.78, 5) is 27.2. The minimum Gasteiger partial charge on any atom is -0.465 e. The van der Waals surface area contributed by atoms with Crippen molar-refractivity contribution in [2.75, 3.05) is 18.8 Å². The Hall–Kier alpha value is -3.40. The number of aromatic nitrogens is 1. The molecule has 10 heteroatoms. The van der Waals surface area contributed by atoms with Gasteiger partial charge in [-0.2, -0.15) is 0 Å². The zero-order valence-corrected chi connectivity index (χ0v) is 14.7. The highest BCUT2D eigenvalue weighted by Crippen LogP contribution is 2.35. The van der Waals surface area contributed by atoms with E-state index in [2.05, 4.69) is 15.6 Å². The molecule has 0 fully saturated rings. The number of halogens is 1. The van der Waals surface area contributed by atoms with E-state index < -0.39 is 11.9 Å². The average molecular weight is 390 g/mol. The number of carbonyl (C=O) groups is 2. The van der Waals surface area contributed by atoms with E-state index in [0.29, 0.717) is 20.8 Å². The predicted molar refractivity (Wildman–Crippen MR) is 98.9 cm³/mol. The Labute approximate surface area is 156 Å². The highest BCUT2D eigenvalue weighted by Gasteiger charge is 2.15. The number of ether oxygens (including phenoxy) is 1. The molecule has 3 aromatic rings. The van der Waals surface area contributed by atoms with Crippen molar-refractivity contribution in [3.8, 4) is 11.5 Å². The molecule has 3 rings (SSSR count). The van der Waals surface area contributed by atoms with Gasteiger partial charge >= 0.3 is 6.09 Å². The van der Waals surface area contributed by atoms with E-state index in [9.17, 15) is 14.0 Å². The average Bonchev–Trinajstić information content (AvgIpc) is 3.06. The van der Waals surface area contributed by atoms with E-state index >= 15 is 0 Å². The van der Waals surface area contributed by atoms with Crippen LogP contribution in [-0.2, 0) is 0 Å². The lowest BCUT2D eigenvalue weighted by molar-refractivity contribution is 0.0957. The summed E-state index contributed by atoms with van der Waals surface area (Å²) in [5, 5.41) is 13.3. The van der Waals surface area contributed by atoms with Crippen LogP contribution in [0.1, 0.15) is 9.67 Å². The summed E-state index contributed by atoms with van der Waals surface area (Å²) in [6, 6.07) is 7.27. The van der Waals surface area contributed by atoms with Gasteiger partial charge < -0.3 is 26.2 Å². The van der Waals surface area contributed by atoms with Gasteiger partial charge in [-0.15, -0.1) is 11.3 Å². The fourth-order valence-electron chi connectivity index (χ4n) is 2.26. The molecule has 2 amide bonds. The third-order valence-electron chi connectivity index (χ3n) is 3.46. The Morgan fingerprint density at radius 3 is 2.70 bits per heavy atom. The van der Waals surface area contributed by atoms with Crippen LogP contribution in [0.3, 0.4) is 0 Å². The summed E-state index contributed by atoms with van der Waals surface area (Å²) < 4.78 is 20.2. The maximum Gasteiger partial charge on any atom is 0.404 e. The van der Waals surface area contributed by atoms with Gasteiger partial charge in [0.2, 0.25) is 0 Å². The number of fused-ring (bicyclic) bond motifs is 1. The molecule has 2 aromatic heterocycles. The van der Waals surface area contributed by atoms with E-state index in [0.717, 1.165) is 17.4 Å². The van der Waals surface area contributed by atoms with Crippen LogP contribution in [0.2, 0.25) is 0 Å². The van der Waals surface area contributed by atoms with Crippen LogP contribution in [-0.4, -0.2) is 35.2 Å². The van der Waals surface area contributed by atoms with E-state index in [1.54, 1.807) is 12.1 Å². The summed E-state index contributed by atoms with van der Waals surface area (Å²) in [5.74, 6) is -0.591. The fourth-order valence-corrected chi connectivity index (χ4v) is 3.24. The van der Waals surface area contributed by atoms with Gasteiger partial charge in [0.25, 0.3) is 5.91 Å². The van der Waals surface area contributed by atoms with Gasteiger partial charge in [0.15, 0.2) is 11.6 Å². The Bertz CT molecular complexity index is 1010. The van der Waals surface area contributed by atoms with Crippen LogP contribution in [0.4, 0.5) is 14.9 Å². The lowest BCUT2D eigenvalue weighted by Crippen LogP contribution is -2.33. The number of carboxylic acid groups (broad SMARTS) is 1. The number of anilines is 1. The SMILES string of the molecule is Nc1ccc(Oc2ccnc3cc(C(=O)NCCNC(=O)O)sc23)c(F)c1. The molecule has 2 heterocycles. The number of hydrogen-bond donors (Lipinski definition) is 4. The highest BCUT2D eigenvalue weighted by atomic mass is 32.1. The number of carbonyl (C=O) groups excluding carboxylic acids is 1. The van der Waals surface area contributed by atoms with E-state index in [-0.39, 0.29) is 30.4 Å². The number of thiophene rings is 1. The molecule has 27 heavy (non-hydrogen) atoms. The van der Waals surface area contributed by atoms with Gasteiger partial charge in [-0.3, -0.25) is 9.78 Å². The Morgan fingerprint density at radius 1 is 1.19 bits per heavy atom. The summed E-state index contributed by atoms with van der Waals surface area (Å²) >= 11 is 1.14. The van der Waals surface area contributed by atoms with Crippen molar-refractivity contribution in [1.82, 2.24) is 15.6 Å². The first-order valence-electron chi connectivity index (χ1n) is 7.80. The zero-order valence-electron chi connectivity index (χ0n) is 13.9. The van der Waals surface area contributed by atoms with Crippen molar-refractivity contribution in [2.24, 2.45) is 0 Å². The number of hydrogen-bond acceptors (Lipinski definition) is 6. The molecular weight excluding hydrogens is 375 g/mol. The summed E-state index contributed by atoms with van der Waals surface area (Å²) in [6.45, 7) is 0.238. The van der Waals surface area contributed by atoms with Gasteiger partial charge in [0.1, 0.15) is 5.75 Å². The van der Waals surface area contributed by atoms with Gasteiger partial charge in [0, 0.05) is 37.1 Å². The number of nitrogens with zero attached hydrogens (tertiary/aromatic N) is 1. The van der Waals surface area contributed by atoms with Crippen molar-refractivity contribution >= 4 is 39.2 Å². The lowest BCUT2D eigenvalue weighted by Gasteiger charge is -2.07. The molecule has 0 saturated carbocycles. The number of amides is 2. The number of pyridine rings is 1. The molecule has 140 valence electrons. The number of benzene rings is 1. The van der Waals surface area contributed by atoms with Gasteiger partial charge in [0.05, 0.1) is 15.1 Å². The largest absolute Gasteiger partial charge is 0.465 e. The normalized spacial score (nSPS) is 10.6. The van der Waals surface area contributed by atoms with Crippen molar-refractivity contribution in [3.05, 3.63) is 47.2 Å². The van der Waals surface area contributed by atoms with Crippen LogP contribution >= 0.6 is 11.3 Å². The molecule has 0 radical (unpaired) electrons. The molecular formula is C17H15FN4O4S. The Morgan fingerprint density at radius 2 is 1.96 bits per heavy atom. The second kappa shape index (κ2) is 7.87. The van der Waals surface area contributed by atoms with Crippen LogP contribution in [0.15, 0.2) is 36.5 Å². The molecule has 0 spiro atoms. The molecule has 0 saturated heterocycles. The monoisotopic (exact) mass is 390 g/mol. The van der Waals surface area contributed by atoms with Crippen molar-refractivity contribution in [1.29, 1.82) is 0 Å². The van der Waals surface area contributed by atoms with Crippen LogP contribution in [0, 0.1) is 5.82 Å². The number of nitrogens with one attached hydrogen (secondary N) is 2. The van der Waals surface area contributed by atoms with E-state index in [1.807, 2.05) is 0 Å². The molecule has 8 nitrogen and oxygen atoms in total. The topological polar surface area (TPSA) is 127 Å². The van der Waals surface area contributed by atoms with Crippen LogP contribution < -0.4 is 21.1 Å². The van der Waals surface area contributed by atoms with Crippen molar-refractivity contribution < 1.29 is 23.8 Å². The maximum absolute atomic E-state index is 14.0. The first kappa shape index (κ1) is 18.4. The molecule has 0 aliphatic heterocycles. The lowest BCUT2D eigenvalue weighted by atomic mass is 10.3. The third-order valence-corrected chi connectivity index (χ3v) is 4.60. The summed E-state index contributed by atoms with van der Waals surface area (Å²) in [7, 11) is 0. The predicted octanol–water partition coefficient (Wildman–Crippen LogP) is 2.81. The Balaban J connectivity index is 1.78. The van der Waals surface area contributed by atoms with Crippen LogP contribution in [0.25, 0.3) is 10.2 Å². The van der Waals surface area contributed by atoms with Gasteiger partial charge in [-0.05, 0) is 18.2 Å². The highest BCUT2D eigenvalue weighted by molar-refractivity contribution is 7.21. The van der Waals surface area contributed by atoms with Crippen molar-refractivity contribution in [2.45, 2.75) is 0 Å².